The van der Waals surface area contributed by atoms with Crippen molar-refractivity contribution in [1.29, 1.82) is 0 Å². The van der Waals surface area contributed by atoms with E-state index in [1.807, 2.05) is 58.0 Å². The Kier molecular flexibility index (Phi) is 7.23. The molecule has 0 aromatic heterocycles. The average molecular weight is 438 g/mol. The van der Waals surface area contributed by atoms with Gasteiger partial charge in [0.2, 0.25) is 0 Å². The van der Waals surface area contributed by atoms with Gasteiger partial charge >= 0.3 is 0 Å². The molecule has 1 unspecified atom stereocenters. The van der Waals surface area contributed by atoms with Crippen molar-refractivity contribution in [3.05, 3.63) is 64.2 Å². The van der Waals surface area contributed by atoms with Crippen LogP contribution in [0.15, 0.2) is 42.0 Å². The molecule has 1 atom stereocenters. The first-order valence-corrected chi connectivity index (χ1v) is 11.0. The van der Waals surface area contributed by atoms with E-state index in [4.69, 9.17) is 9.47 Å². The van der Waals surface area contributed by atoms with E-state index in [1.54, 1.807) is 6.07 Å². The molecule has 170 valence electrons. The summed E-state index contributed by atoms with van der Waals surface area (Å²) in [6.07, 6.45) is 1.59. The summed E-state index contributed by atoms with van der Waals surface area (Å²) in [5.74, 6) is -0.306. The number of rotatable bonds is 8. The van der Waals surface area contributed by atoms with E-state index >= 15 is 0 Å². The highest BCUT2D eigenvalue weighted by molar-refractivity contribution is 6.46. The molecule has 1 aliphatic heterocycles. The Morgan fingerprint density at radius 1 is 1.06 bits per heavy atom. The van der Waals surface area contributed by atoms with E-state index in [-0.39, 0.29) is 11.3 Å². The van der Waals surface area contributed by atoms with Crippen molar-refractivity contribution in [2.45, 2.75) is 46.6 Å². The molecule has 1 N–H and O–H groups in total. The predicted molar refractivity (Wildman–Crippen MR) is 124 cm³/mol. The zero-order valence-electron chi connectivity index (χ0n) is 19.4. The molecule has 6 nitrogen and oxygen atoms in total. The number of aliphatic hydroxyl groups excluding tert-OH is 1. The second-order valence-corrected chi connectivity index (χ2v) is 8.07. The monoisotopic (exact) mass is 437 g/mol. The van der Waals surface area contributed by atoms with E-state index in [9.17, 15) is 14.7 Å². The molecule has 2 aromatic rings. The molecule has 0 spiro atoms. The molecule has 6 heteroatoms. The van der Waals surface area contributed by atoms with Crippen LogP contribution in [-0.2, 0) is 9.59 Å². The Balaban J connectivity index is 2.18. The number of carbonyl (C=O) groups excluding carboxylic acids is 2. The summed E-state index contributed by atoms with van der Waals surface area (Å²) in [4.78, 5) is 27.5. The second kappa shape index (κ2) is 9.90. The Hall–Kier alpha value is -3.28. The molecule has 32 heavy (non-hydrogen) atoms. The minimum atomic E-state index is -0.687. The largest absolute Gasteiger partial charge is 0.507 e. The molecule has 1 aliphatic rings. The van der Waals surface area contributed by atoms with E-state index in [1.165, 1.54) is 12.0 Å². The van der Waals surface area contributed by atoms with Gasteiger partial charge in [-0.05, 0) is 61.6 Å². The van der Waals surface area contributed by atoms with Gasteiger partial charge in [-0.15, -0.1) is 0 Å². The molecule has 3 rings (SSSR count). The van der Waals surface area contributed by atoms with Gasteiger partial charge in [-0.1, -0.05) is 32.0 Å². The van der Waals surface area contributed by atoms with Crippen LogP contribution in [0.4, 0.5) is 0 Å². The molecular formula is C26H31NO5. The van der Waals surface area contributed by atoms with Crippen LogP contribution in [0.25, 0.3) is 5.76 Å². The van der Waals surface area contributed by atoms with Crippen LogP contribution in [0.5, 0.6) is 11.5 Å². The fourth-order valence-corrected chi connectivity index (χ4v) is 4.21. The molecular weight excluding hydrogens is 406 g/mol. The first kappa shape index (κ1) is 23.4. The summed E-state index contributed by atoms with van der Waals surface area (Å²) in [6, 6.07) is 10.4. The maximum atomic E-state index is 13.1. The molecule has 1 saturated heterocycles. The average Bonchev–Trinajstić information content (AvgIpc) is 3.02. The quantitative estimate of drug-likeness (QED) is 0.360. The van der Waals surface area contributed by atoms with E-state index in [0.717, 1.165) is 28.9 Å². The van der Waals surface area contributed by atoms with Crippen molar-refractivity contribution in [1.82, 2.24) is 4.90 Å². The number of ketones is 1. The minimum absolute atomic E-state index is 0.0778. The van der Waals surface area contributed by atoms with Crippen molar-refractivity contribution in [3.8, 4) is 11.5 Å². The number of likely N-dealkylation sites (tertiary alicyclic amines) is 1. The highest BCUT2D eigenvalue weighted by Crippen LogP contribution is 2.42. The topological polar surface area (TPSA) is 76.1 Å². The smallest absolute Gasteiger partial charge is 0.295 e. The highest BCUT2D eigenvalue weighted by Gasteiger charge is 2.46. The molecule has 0 radical (unpaired) electrons. The van der Waals surface area contributed by atoms with Gasteiger partial charge in [0.1, 0.15) is 17.3 Å². The number of aryl methyl sites for hydroxylation is 2. The fraction of sp³-hybridized carbons (Fsp3) is 0.385. The highest BCUT2D eigenvalue weighted by atomic mass is 16.5. The van der Waals surface area contributed by atoms with Gasteiger partial charge in [0.05, 0.1) is 30.9 Å². The third kappa shape index (κ3) is 4.35. The predicted octanol–water partition coefficient (Wildman–Crippen LogP) is 4.93. The second-order valence-electron chi connectivity index (χ2n) is 8.07. The normalized spacial score (nSPS) is 17.7. The van der Waals surface area contributed by atoms with Crippen molar-refractivity contribution in [2.75, 3.05) is 20.3 Å². The van der Waals surface area contributed by atoms with E-state index < -0.39 is 17.7 Å². The fourth-order valence-electron chi connectivity index (χ4n) is 4.21. The summed E-state index contributed by atoms with van der Waals surface area (Å²) in [5, 5.41) is 11.3. The van der Waals surface area contributed by atoms with Gasteiger partial charge in [-0.3, -0.25) is 9.59 Å². The van der Waals surface area contributed by atoms with Crippen molar-refractivity contribution in [3.63, 3.8) is 0 Å². The molecule has 0 saturated carbocycles. The zero-order valence-corrected chi connectivity index (χ0v) is 19.4. The maximum absolute atomic E-state index is 13.1. The minimum Gasteiger partial charge on any atom is -0.507 e. The third-order valence-electron chi connectivity index (χ3n) is 5.55. The lowest BCUT2D eigenvalue weighted by Crippen LogP contribution is -2.30. The number of methoxy groups -OCH3 is 1. The number of hydrogen-bond donors (Lipinski definition) is 1. The maximum Gasteiger partial charge on any atom is 0.295 e. The zero-order chi connectivity index (χ0) is 23.4. The summed E-state index contributed by atoms with van der Waals surface area (Å²) in [6.45, 7) is 8.79. The van der Waals surface area contributed by atoms with Gasteiger partial charge in [-0.2, -0.15) is 0 Å². The van der Waals surface area contributed by atoms with Crippen molar-refractivity contribution in [2.24, 2.45) is 0 Å². The van der Waals surface area contributed by atoms with Crippen LogP contribution < -0.4 is 9.47 Å². The van der Waals surface area contributed by atoms with Crippen molar-refractivity contribution < 1.29 is 24.2 Å². The summed E-state index contributed by atoms with van der Waals surface area (Å²) in [7, 11) is 1.52. The SMILES string of the molecule is CCCOc1ccc(C2/C(=C(\O)c3cc(C)cc(C)c3OC)C(=O)C(=O)N2CCC)cc1. The van der Waals surface area contributed by atoms with Gasteiger partial charge in [0, 0.05) is 6.54 Å². The van der Waals surface area contributed by atoms with Crippen LogP contribution in [0.2, 0.25) is 0 Å². The summed E-state index contributed by atoms with van der Waals surface area (Å²) < 4.78 is 11.2. The lowest BCUT2D eigenvalue weighted by Gasteiger charge is -2.25. The number of Topliss-reactive ketones (excluding diaryl/α,β-unsaturated/α-hetero) is 1. The van der Waals surface area contributed by atoms with Crippen LogP contribution in [-0.4, -0.2) is 42.0 Å². The van der Waals surface area contributed by atoms with Crippen molar-refractivity contribution >= 4 is 17.4 Å². The first-order chi connectivity index (χ1) is 15.3. The standard InChI is InChI=1S/C26H31NO5/c1-6-12-27-22(18-8-10-19(11-9-18)32-13-7-2)21(24(29)26(27)30)23(28)20-15-16(3)14-17(4)25(20)31-5/h8-11,14-15,22,28H,6-7,12-13H2,1-5H3/b23-21+. The first-order valence-electron chi connectivity index (χ1n) is 11.0. The molecule has 2 aromatic carbocycles. The lowest BCUT2D eigenvalue weighted by atomic mass is 9.93. The van der Waals surface area contributed by atoms with Crippen LogP contribution >= 0.6 is 0 Å². The molecule has 1 fully saturated rings. The van der Waals surface area contributed by atoms with Gasteiger partial charge < -0.3 is 19.5 Å². The number of carbonyl (C=O) groups is 2. The number of ether oxygens (including phenoxy) is 2. The number of benzene rings is 2. The Morgan fingerprint density at radius 3 is 2.34 bits per heavy atom. The molecule has 1 amide bonds. The number of hydrogen-bond acceptors (Lipinski definition) is 5. The lowest BCUT2D eigenvalue weighted by molar-refractivity contribution is -0.139. The molecule has 0 aliphatic carbocycles. The summed E-state index contributed by atoms with van der Waals surface area (Å²) >= 11 is 0. The number of amides is 1. The third-order valence-corrected chi connectivity index (χ3v) is 5.55. The van der Waals surface area contributed by atoms with Crippen LogP contribution in [0, 0.1) is 13.8 Å². The summed E-state index contributed by atoms with van der Waals surface area (Å²) in [5.41, 5.74) is 2.99. The number of aliphatic hydroxyl groups is 1. The Labute approximate surface area is 189 Å². The van der Waals surface area contributed by atoms with E-state index in [2.05, 4.69) is 0 Å². The Bertz CT molecular complexity index is 1040. The molecule has 1 heterocycles. The van der Waals surface area contributed by atoms with Gasteiger partial charge in [-0.25, -0.2) is 0 Å². The van der Waals surface area contributed by atoms with Gasteiger partial charge in [0.15, 0.2) is 0 Å². The van der Waals surface area contributed by atoms with Crippen LogP contribution in [0.3, 0.4) is 0 Å². The van der Waals surface area contributed by atoms with Gasteiger partial charge in [0.25, 0.3) is 11.7 Å². The molecule has 0 bridgehead atoms. The Morgan fingerprint density at radius 2 is 1.75 bits per heavy atom. The van der Waals surface area contributed by atoms with Crippen LogP contribution in [0.1, 0.15) is 55.0 Å². The van der Waals surface area contributed by atoms with E-state index in [0.29, 0.717) is 30.9 Å². The number of nitrogens with zero attached hydrogens (tertiary/aromatic N) is 1.